The Morgan fingerprint density at radius 2 is 2.29 bits per heavy atom. The monoisotopic (exact) mass is 234 g/mol. The summed E-state index contributed by atoms with van der Waals surface area (Å²) in [4.78, 5) is 11.5. The lowest BCUT2D eigenvalue weighted by atomic mass is 9.79. The van der Waals surface area contributed by atoms with Crippen LogP contribution in [0, 0.1) is 11.3 Å². The van der Waals surface area contributed by atoms with Gasteiger partial charge in [-0.25, -0.2) is 0 Å². The normalized spacial score (nSPS) is 28.2. The second-order valence-corrected chi connectivity index (χ2v) is 5.28. The number of aliphatic carboxylic acids is 1. The van der Waals surface area contributed by atoms with E-state index in [-0.39, 0.29) is 5.75 Å². The van der Waals surface area contributed by atoms with Crippen LogP contribution in [-0.4, -0.2) is 16.2 Å². The quantitative estimate of drug-likeness (QED) is 0.845. The molecule has 1 aromatic rings. The van der Waals surface area contributed by atoms with Crippen LogP contribution in [0.1, 0.15) is 31.7 Å². The zero-order chi connectivity index (χ0) is 12.5. The topological polar surface area (TPSA) is 57.5 Å². The lowest BCUT2D eigenvalue weighted by molar-refractivity contribution is -0.148. The van der Waals surface area contributed by atoms with Gasteiger partial charge < -0.3 is 10.2 Å². The van der Waals surface area contributed by atoms with E-state index in [4.69, 9.17) is 0 Å². The first-order chi connectivity index (χ1) is 8.02. The molecule has 3 heteroatoms. The molecule has 0 aliphatic heterocycles. The van der Waals surface area contributed by atoms with Crippen LogP contribution in [0.2, 0.25) is 0 Å². The molecule has 1 aliphatic carbocycles. The molecule has 17 heavy (non-hydrogen) atoms. The minimum absolute atomic E-state index is 0.203. The van der Waals surface area contributed by atoms with E-state index in [1.54, 1.807) is 18.2 Å². The summed E-state index contributed by atoms with van der Waals surface area (Å²) in [5.74, 6) is -0.0253. The van der Waals surface area contributed by atoms with Crippen LogP contribution in [0.3, 0.4) is 0 Å². The lowest BCUT2D eigenvalue weighted by Gasteiger charge is -2.24. The predicted octanol–water partition coefficient (Wildman–Crippen LogP) is 2.83. The fraction of sp³-hybridized carbons (Fsp3) is 0.500. The second kappa shape index (κ2) is 4.40. The molecular weight excluding hydrogens is 216 g/mol. The van der Waals surface area contributed by atoms with Gasteiger partial charge in [0.2, 0.25) is 0 Å². The molecule has 0 heterocycles. The molecule has 0 bridgehead atoms. The fourth-order valence-corrected chi connectivity index (χ4v) is 2.88. The van der Waals surface area contributed by atoms with Crippen molar-refractivity contribution < 1.29 is 15.0 Å². The summed E-state index contributed by atoms with van der Waals surface area (Å²) in [5, 5.41) is 18.9. The number of hydrogen-bond donors (Lipinski definition) is 2. The Kier molecular flexibility index (Phi) is 3.09. The zero-order valence-electron chi connectivity index (χ0n) is 10.0. The maximum absolute atomic E-state index is 11.5. The number of carbonyl (C=O) groups is 1. The Morgan fingerprint density at radius 1 is 1.53 bits per heavy atom. The summed E-state index contributed by atoms with van der Waals surface area (Å²) < 4.78 is 0. The third-order valence-corrected chi connectivity index (χ3v) is 3.76. The molecule has 0 spiro atoms. The van der Waals surface area contributed by atoms with Crippen molar-refractivity contribution in [3.63, 3.8) is 0 Å². The highest BCUT2D eigenvalue weighted by Crippen LogP contribution is 2.44. The second-order valence-electron chi connectivity index (χ2n) is 5.28. The van der Waals surface area contributed by atoms with Crippen molar-refractivity contribution in [3.05, 3.63) is 29.8 Å². The van der Waals surface area contributed by atoms with Crippen LogP contribution in [0.15, 0.2) is 24.3 Å². The molecule has 0 saturated heterocycles. The highest BCUT2D eigenvalue weighted by Gasteiger charge is 2.44. The van der Waals surface area contributed by atoms with Crippen molar-refractivity contribution in [1.29, 1.82) is 0 Å². The van der Waals surface area contributed by atoms with Crippen molar-refractivity contribution >= 4 is 5.97 Å². The molecule has 1 aromatic carbocycles. The van der Waals surface area contributed by atoms with E-state index in [0.717, 1.165) is 24.8 Å². The van der Waals surface area contributed by atoms with E-state index in [0.29, 0.717) is 12.3 Å². The van der Waals surface area contributed by atoms with Gasteiger partial charge in [-0.2, -0.15) is 0 Å². The fourth-order valence-electron chi connectivity index (χ4n) is 2.88. The van der Waals surface area contributed by atoms with Crippen molar-refractivity contribution in [2.75, 3.05) is 0 Å². The van der Waals surface area contributed by atoms with Crippen LogP contribution in [0.25, 0.3) is 0 Å². The van der Waals surface area contributed by atoms with Gasteiger partial charge >= 0.3 is 5.97 Å². The van der Waals surface area contributed by atoms with Gasteiger partial charge in [0.15, 0.2) is 0 Å². The first-order valence-corrected chi connectivity index (χ1v) is 6.03. The standard InChI is InChI=1S/C14H18O3/c1-10-5-6-14(8-10,13(16)17)9-11-3-2-4-12(15)7-11/h2-4,7,10,15H,5-6,8-9H2,1H3,(H,16,17). The lowest BCUT2D eigenvalue weighted by Crippen LogP contribution is -2.30. The van der Waals surface area contributed by atoms with Crippen LogP contribution < -0.4 is 0 Å². The Labute approximate surface area is 101 Å². The molecule has 2 rings (SSSR count). The Hall–Kier alpha value is -1.51. The minimum atomic E-state index is -0.704. The van der Waals surface area contributed by atoms with E-state index in [9.17, 15) is 15.0 Å². The number of benzene rings is 1. The molecule has 92 valence electrons. The van der Waals surface area contributed by atoms with Gasteiger partial charge in [0.25, 0.3) is 0 Å². The number of hydrogen-bond acceptors (Lipinski definition) is 2. The third-order valence-electron chi connectivity index (χ3n) is 3.76. The zero-order valence-corrected chi connectivity index (χ0v) is 10.0. The maximum atomic E-state index is 11.5. The van der Waals surface area contributed by atoms with Gasteiger partial charge in [-0.1, -0.05) is 19.1 Å². The van der Waals surface area contributed by atoms with Gasteiger partial charge in [-0.05, 0) is 49.3 Å². The van der Waals surface area contributed by atoms with Crippen molar-refractivity contribution in [3.8, 4) is 5.75 Å². The van der Waals surface area contributed by atoms with E-state index < -0.39 is 11.4 Å². The third kappa shape index (κ3) is 2.43. The SMILES string of the molecule is CC1CCC(Cc2cccc(O)c2)(C(=O)O)C1. The number of aromatic hydroxyl groups is 1. The first-order valence-electron chi connectivity index (χ1n) is 6.03. The minimum Gasteiger partial charge on any atom is -0.508 e. The van der Waals surface area contributed by atoms with Crippen LogP contribution in [0.4, 0.5) is 0 Å². The average Bonchev–Trinajstić information content (AvgIpc) is 2.61. The summed E-state index contributed by atoms with van der Waals surface area (Å²) in [6.07, 6.45) is 2.96. The molecule has 3 nitrogen and oxygen atoms in total. The van der Waals surface area contributed by atoms with Crippen molar-refractivity contribution in [1.82, 2.24) is 0 Å². The highest BCUT2D eigenvalue weighted by atomic mass is 16.4. The van der Waals surface area contributed by atoms with Gasteiger partial charge in [-0.15, -0.1) is 0 Å². The molecule has 2 atom stereocenters. The van der Waals surface area contributed by atoms with Crippen LogP contribution in [0.5, 0.6) is 5.75 Å². The summed E-state index contributed by atoms with van der Waals surface area (Å²) in [5.41, 5.74) is 0.272. The number of carboxylic acids is 1. The number of rotatable bonds is 3. The number of phenolic OH excluding ortho intramolecular Hbond substituents is 1. The van der Waals surface area contributed by atoms with E-state index in [2.05, 4.69) is 6.92 Å². The Balaban J connectivity index is 2.22. The van der Waals surface area contributed by atoms with E-state index >= 15 is 0 Å². The van der Waals surface area contributed by atoms with Crippen LogP contribution in [-0.2, 0) is 11.2 Å². The molecule has 2 N–H and O–H groups in total. The maximum Gasteiger partial charge on any atom is 0.309 e. The smallest absolute Gasteiger partial charge is 0.309 e. The summed E-state index contributed by atoms with van der Waals surface area (Å²) in [7, 11) is 0. The number of phenols is 1. The molecule has 0 radical (unpaired) electrons. The van der Waals surface area contributed by atoms with E-state index in [1.165, 1.54) is 0 Å². The van der Waals surface area contributed by atoms with Crippen LogP contribution >= 0.6 is 0 Å². The summed E-state index contributed by atoms with van der Waals surface area (Å²) in [6, 6.07) is 6.91. The molecule has 1 saturated carbocycles. The predicted molar refractivity (Wildman–Crippen MR) is 64.9 cm³/mol. The molecule has 1 fully saturated rings. The molecular formula is C14H18O3. The van der Waals surface area contributed by atoms with Gasteiger partial charge in [0, 0.05) is 0 Å². The highest BCUT2D eigenvalue weighted by molar-refractivity contribution is 5.75. The summed E-state index contributed by atoms with van der Waals surface area (Å²) >= 11 is 0. The first kappa shape index (κ1) is 12.0. The van der Waals surface area contributed by atoms with Gasteiger partial charge in [0.1, 0.15) is 5.75 Å². The largest absolute Gasteiger partial charge is 0.508 e. The Bertz CT molecular complexity index is 427. The number of carboxylic acid groups (broad SMARTS) is 1. The molecule has 0 amide bonds. The van der Waals surface area contributed by atoms with Crippen molar-refractivity contribution in [2.24, 2.45) is 11.3 Å². The Morgan fingerprint density at radius 3 is 2.82 bits per heavy atom. The van der Waals surface area contributed by atoms with Gasteiger partial charge in [-0.3, -0.25) is 4.79 Å². The molecule has 0 aromatic heterocycles. The van der Waals surface area contributed by atoms with Crippen molar-refractivity contribution in [2.45, 2.75) is 32.6 Å². The van der Waals surface area contributed by atoms with Gasteiger partial charge in [0.05, 0.1) is 5.41 Å². The molecule has 2 unspecified atom stereocenters. The average molecular weight is 234 g/mol. The molecule has 1 aliphatic rings. The summed E-state index contributed by atoms with van der Waals surface area (Å²) in [6.45, 7) is 2.10. The van der Waals surface area contributed by atoms with E-state index in [1.807, 2.05) is 6.07 Å².